The zero-order chi connectivity index (χ0) is 21.5. The summed E-state index contributed by atoms with van der Waals surface area (Å²) >= 11 is 1.58. The van der Waals surface area contributed by atoms with Crippen molar-refractivity contribution in [1.29, 1.82) is 0 Å². The van der Waals surface area contributed by atoms with E-state index < -0.39 is 12.0 Å². The number of thiophene rings is 1. The standard InChI is InChI=1S/C22H23N3O4S/c1-24(2)11-12-29-22(27)23-19-8-6-16(7-9-19)21(26)25(28)20-5-3-4-17(14-20)18-10-13-30-15-18/h3-10,13-15,28H,11-12H2,1-2H3,(H,23,27). The average Bonchev–Trinajstić information content (AvgIpc) is 3.28. The Morgan fingerprint density at radius 2 is 1.83 bits per heavy atom. The van der Waals surface area contributed by atoms with Crippen molar-refractivity contribution < 1.29 is 19.5 Å². The molecule has 3 aromatic rings. The Labute approximate surface area is 179 Å². The zero-order valence-corrected chi connectivity index (χ0v) is 17.6. The van der Waals surface area contributed by atoms with E-state index in [1.165, 1.54) is 12.1 Å². The van der Waals surface area contributed by atoms with E-state index in [1.54, 1.807) is 41.7 Å². The predicted octanol–water partition coefficient (Wildman–Crippen LogP) is 4.56. The molecule has 0 radical (unpaired) electrons. The van der Waals surface area contributed by atoms with Crippen LogP contribution in [-0.2, 0) is 4.74 Å². The largest absolute Gasteiger partial charge is 0.448 e. The zero-order valence-electron chi connectivity index (χ0n) is 16.7. The third kappa shape index (κ3) is 5.66. The Morgan fingerprint density at radius 3 is 2.50 bits per heavy atom. The fraction of sp³-hybridized carbons (Fsp3) is 0.182. The van der Waals surface area contributed by atoms with E-state index in [0.717, 1.165) is 11.1 Å². The predicted molar refractivity (Wildman–Crippen MR) is 118 cm³/mol. The smallest absolute Gasteiger partial charge is 0.411 e. The number of hydrogen-bond acceptors (Lipinski definition) is 6. The molecule has 0 atom stereocenters. The average molecular weight is 426 g/mol. The molecular weight excluding hydrogens is 402 g/mol. The maximum absolute atomic E-state index is 12.6. The highest BCUT2D eigenvalue weighted by molar-refractivity contribution is 7.08. The first-order valence-electron chi connectivity index (χ1n) is 9.28. The minimum Gasteiger partial charge on any atom is -0.448 e. The first kappa shape index (κ1) is 21.5. The number of benzene rings is 2. The highest BCUT2D eigenvalue weighted by Crippen LogP contribution is 2.26. The Hall–Kier alpha value is -3.20. The topological polar surface area (TPSA) is 82.1 Å². The van der Waals surface area contributed by atoms with Crippen LogP contribution in [0.1, 0.15) is 10.4 Å². The number of hydroxylamine groups is 1. The first-order valence-corrected chi connectivity index (χ1v) is 10.2. The Bertz CT molecular complexity index is 988. The molecule has 0 saturated carbocycles. The van der Waals surface area contributed by atoms with E-state index >= 15 is 0 Å². The lowest BCUT2D eigenvalue weighted by Gasteiger charge is -2.16. The summed E-state index contributed by atoms with van der Waals surface area (Å²) < 4.78 is 5.07. The van der Waals surface area contributed by atoms with Crippen molar-refractivity contribution in [2.75, 3.05) is 37.6 Å². The summed E-state index contributed by atoms with van der Waals surface area (Å²) in [5.41, 5.74) is 3.08. The monoisotopic (exact) mass is 425 g/mol. The van der Waals surface area contributed by atoms with Gasteiger partial charge in [0, 0.05) is 17.8 Å². The number of anilines is 2. The van der Waals surface area contributed by atoms with Gasteiger partial charge in [-0.3, -0.25) is 15.3 Å². The highest BCUT2D eigenvalue weighted by atomic mass is 32.1. The summed E-state index contributed by atoms with van der Waals surface area (Å²) in [6.07, 6.45) is -0.565. The van der Waals surface area contributed by atoms with Gasteiger partial charge in [-0.2, -0.15) is 16.4 Å². The van der Waals surface area contributed by atoms with Crippen LogP contribution in [0.2, 0.25) is 0 Å². The minimum absolute atomic E-state index is 0.277. The molecule has 30 heavy (non-hydrogen) atoms. The number of nitrogens with one attached hydrogen (secondary N) is 1. The van der Waals surface area contributed by atoms with Crippen LogP contribution in [0.25, 0.3) is 11.1 Å². The molecule has 3 rings (SSSR count). The molecule has 0 aliphatic heterocycles. The second kappa shape index (κ2) is 10.0. The Morgan fingerprint density at radius 1 is 1.07 bits per heavy atom. The highest BCUT2D eigenvalue weighted by Gasteiger charge is 2.16. The SMILES string of the molecule is CN(C)CCOC(=O)Nc1ccc(C(=O)N(O)c2cccc(-c3ccsc3)c2)cc1. The molecule has 0 aliphatic carbocycles. The third-order valence-electron chi connectivity index (χ3n) is 4.29. The van der Waals surface area contributed by atoms with E-state index in [9.17, 15) is 14.8 Å². The summed E-state index contributed by atoms with van der Waals surface area (Å²) in [6, 6.07) is 15.3. The van der Waals surface area contributed by atoms with Crippen LogP contribution in [0.5, 0.6) is 0 Å². The van der Waals surface area contributed by atoms with Gasteiger partial charge in [0.05, 0.1) is 5.69 Å². The lowest BCUT2D eigenvalue weighted by Crippen LogP contribution is -2.27. The number of carbonyl (C=O) groups excluding carboxylic acids is 2. The first-order chi connectivity index (χ1) is 14.4. The van der Waals surface area contributed by atoms with Gasteiger partial charge < -0.3 is 9.64 Å². The molecule has 0 spiro atoms. The molecule has 1 heterocycles. The molecule has 8 heteroatoms. The van der Waals surface area contributed by atoms with E-state index in [4.69, 9.17) is 4.74 Å². The van der Waals surface area contributed by atoms with Gasteiger partial charge in [-0.25, -0.2) is 4.79 Å². The third-order valence-corrected chi connectivity index (χ3v) is 4.97. The summed E-state index contributed by atoms with van der Waals surface area (Å²) in [7, 11) is 3.78. The van der Waals surface area contributed by atoms with E-state index in [0.29, 0.717) is 23.0 Å². The van der Waals surface area contributed by atoms with Crippen LogP contribution in [0.4, 0.5) is 16.2 Å². The number of nitrogens with zero attached hydrogens (tertiary/aromatic N) is 2. The van der Waals surface area contributed by atoms with Gasteiger partial charge in [0.25, 0.3) is 5.91 Å². The second-order valence-corrected chi connectivity index (χ2v) is 7.60. The van der Waals surface area contributed by atoms with Gasteiger partial charge in [-0.1, -0.05) is 12.1 Å². The van der Waals surface area contributed by atoms with Gasteiger partial charge in [0.2, 0.25) is 0 Å². The number of rotatable bonds is 7. The molecule has 156 valence electrons. The maximum Gasteiger partial charge on any atom is 0.411 e. The van der Waals surface area contributed by atoms with Gasteiger partial charge >= 0.3 is 6.09 Å². The molecule has 0 fully saturated rings. The van der Waals surface area contributed by atoms with Crippen molar-refractivity contribution in [3.8, 4) is 11.1 Å². The lowest BCUT2D eigenvalue weighted by atomic mass is 10.1. The fourth-order valence-electron chi connectivity index (χ4n) is 2.66. The number of likely N-dealkylation sites (N-methyl/N-ethyl adjacent to an activating group) is 1. The van der Waals surface area contributed by atoms with E-state index in [1.807, 2.05) is 41.9 Å². The van der Waals surface area contributed by atoms with Crippen LogP contribution >= 0.6 is 11.3 Å². The van der Waals surface area contributed by atoms with Gasteiger partial charge in [-0.15, -0.1) is 0 Å². The summed E-state index contributed by atoms with van der Waals surface area (Å²) in [4.78, 5) is 26.3. The van der Waals surface area contributed by atoms with E-state index in [-0.39, 0.29) is 12.2 Å². The van der Waals surface area contributed by atoms with Gasteiger partial charge in [0.1, 0.15) is 6.61 Å². The molecular formula is C22H23N3O4S. The van der Waals surface area contributed by atoms with E-state index in [2.05, 4.69) is 5.32 Å². The summed E-state index contributed by atoms with van der Waals surface area (Å²) in [6.45, 7) is 0.903. The van der Waals surface area contributed by atoms with Crippen molar-refractivity contribution in [1.82, 2.24) is 4.90 Å². The molecule has 0 aliphatic rings. The van der Waals surface area contributed by atoms with Crippen LogP contribution < -0.4 is 10.4 Å². The normalized spacial score (nSPS) is 10.7. The van der Waals surface area contributed by atoms with Gasteiger partial charge in [-0.05, 0) is 78.4 Å². The molecule has 2 aromatic carbocycles. The van der Waals surface area contributed by atoms with Crippen LogP contribution in [-0.4, -0.2) is 49.4 Å². The quantitative estimate of drug-likeness (QED) is 0.428. The Kier molecular flexibility index (Phi) is 7.18. The Balaban J connectivity index is 1.63. The van der Waals surface area contributed by atoms with Crippen molar-refractivity contribution >= 4 is 34.7 Å². The number of ether oxygens (including phenoxy) is 1. The maximum atomic E-state index is 12.6. The molecule has 2 N–H and O–H groups in total. The van der Waals surface area contributed by atoms with Gasteiger partial charge in [0.15, 0.2) is 0 Å². The van der Waals surface area contributed by atoms with Crippen molar-refractivity contribution in [3.63, 3.8) is 0 Å². The number of carbonyl (C=O) groups is 2. The van der Waals surface area contributed by atoms with Crippen molar-refractivity contribution in [2.24, 2.45) is 0 Å². The number of amides is 2. The molecule has 0 unspecified atom stereocenters. The fourth-order valence-corrected chi connectivity index (χ4v) is 3.32. The van der Waals surface area contributed by atoms with Crippen molar-refractivity contribution in [2.45, 2.75) is 0 Å². The van der Waals surface area contributed by atoms with Crippen LogP contribution in [0.3, 0.4) is 0 Å². The number of hydrogen-bond donors (Lipinski definition) is 2. The van der Waals surface area contributed by atoms with Crippen LogP contribution in [0.15, 0.2) is 65.4 Å². The molecule has 1 aromatic heterocycles. The summed E-state index contributed by atoms with van der Waals surface area (Å²) in [5.74, 6) is -0.572. The van der Waals surface area contributed by atoms with Crippen LogP contribution in [0, 0.1) is 0 Å². The summed E-state index contributed by atoms with van der Waals surface area (Å²) in [5, 5.41) is 17.6. The van der Waals surface area contributed by atoms with Crippen molar-refractivity contribution in [3.05, 3.63) is 70.9 Å². The second-order valence-electron chi connectivity index (χ2n) is 6.82. The molecule has 0 bridgehead atoms. The molecule has 7 nitrogen and oxygen atoms in total. The molecule has 2 amide bonds. The minimum atomic E-state index is -0.572. The molecule has 0 saturated heterocycles. The lowest BCUT2D eigenvalue weighted by molar-refractivity contribution is 0.0855.